The third-order valence-electron chi connectivity index (χ3n) is 3.33. The van der Waals surface area contributed by atoms with Crippen LogP contribution >= 0.6 is 11.3 Å². The van der Waals surface area contributed by atoms with E-state index in [1.807, 2.05) is 17.0 Å². The van der Waals surface area contributed by atoms with Gasteiger partial charge in [0.05, 0.1) is 18.0 Å². The molecule has 2 amide bonds. The second-order valence-electron chi connectivity index (χ2n) is 5.12. The molecule has 1 aromatic heterocycles. The van der Waals surface area contributed by atoms with E-state index in [0.717, 1.165) is 29.3 Å². The number of nitrogens with zero attached hydrogens (tertiary/aromatic N) is 1. The fraction of sp³-hybridized carbons (Fsp3) is 0.533. The summed E-state index contributed by atoms with van der Waals surface area (Å²) in [4.78, 5) is 16.1. The number of likely N-dealkylation sites (tertiary alicyclic amines) is 1. The van der Waals surface area contributed by atoms with E-state index in [1.165, 1.54) is 6.42 Å². The van der Waals surface area contributed by atoms with Crippen LogP contribution in [0.5, 0.6) is 0 Å². The Kier molecular flexibility index (Phi) is 5.45. The predicted octanol–water partition coefficient (Wildman–Crippen LogP) is 2.00. The van der Waals surface area contributed by atoms with Crippen molar-refractivity contribution in [2.45, 2.75) is 26.3 Å². The van der Waals surface area contributed by atoms with E-state index >= 15 is 0 Å². The third kappa shape index (κ3) is 4.26. The highest BCUT2D eigenvalue weighted by Crippen LogP contribution is 2.17. The lowest BCUT2D eigenvalue weighted by molar-refractivity contribution is 0.169. The number of carbonyl (C=O) groups is 1. The van der Waals surface area contributed by atoms with Crippen LogP contribution in [-0.2, 0) is 6.54 Å². The number of urea groups is 1. The van der Waals surface area contributed by atoms with Crippen LogP contribution in [0.4, 0.5) is 4.79 Å². The summed E-state index contributed by atoms with van der Waals surface area (Å²) >= 11 is 1.60. The van der Waals surface area contributed by atoms with Gasteiger partial charge in [0.25, 0.3) is 0 Å². The van der Waals surface area contributed by atoms with Crippen LogP contribution in [-0.4, -0.2) is 30.6 Å². The van der Waals surface area contributed by atoms with Gasteiger partial charge in [0.1, 0.15) is 0 Å². The summed E-state index contributed by atoms with van der Waals surface area (Å²) in [5.74, 6) is 6.44. The number of hydrogen-bond acceptors (Lipinski definition) is 3. The number of amides is 2. The molecule has 3 N–H and O–H groups in total. The second kappa shape index (κ2) is 7.32. The Labute approximate surface area is 124 Å². The molecule has 1 atom stereocenters. The van der Waals surface area contributed by atoms with E-state index in [4.69, 9.17) is 5.73 Å². The molecule has 1 aliphatic heterocycles. The molecule has 2 rings (SSSR count). The van der Waals surface area contributed by atoms with Gasteiger partial charge in [-0.2, -0.15) is 0 Å². The van der Waals surface area contributed by atoms with Gasteiger partial charge in [0.15, 0.2) is 0 Å². The SMILES string of the molecule is CC1CCCN(C(=O)NCc2ccc(C#CCN)s2)C1. The van der Waals surface area contributed by atoms with E-state index in [-0.39, 0.29) is 6.03 Å². The monoisotopic (exact) mass is 291 g/mol. The first-order chi connectivity index (χ1) is 9.69. The molecule has 0 bridgehead atoms. The molecule has 0 saturated carbocycles. The van der Waals surface area contributed by atoms with Crippen LogP contribution in [0.2, 0.25) is 0 Å². The zero-order valence-electron chi connectivity index (χ0n) is 11.8. The maximum atomic E-state index is 12.1. The number of nitrogens with one attached hydrogen (secondary N) is 1. The molecule has 108 valence electrons. The van der Waals surface area contributed by atoms with Crippen LogP contribution < -0.4 is 11.1 Å². The van der Waals surface area contributed by atoms with Gasteiger partial charge in [-0.1, -0.05) is 18.8 Å². The van der Waals surface area contributed by atoms with Crippen molar-refractivity contribution in [1.82, 2.24) is 10.2 Å². The Morgan fingerprint density at radius 3 is 3.20 bits per heavy atom. The molecule has 20 heavy (non-hydrogen) atoms. The molecule has 1 fully saturated rings. The van der Waals surface area contributed by atoms with Crippen molar-refractivity contribution in [3.63, 3.8) is 0 Å². The van der Waals surface area contributed by atoms with Crippen molar-refractivity contribution in [2.75, 3.05) is 19.6 Å². The number of piperidine rings is 1. The minimum atomic E-state index is 0.0412. The van der Waals surface area contributed by atoms with Gasteiger partial charge in [-0.3, -0.25) is 0 Å². The van der Waals surface area contributed by atoms with Gasteiger partial charge >= 0.3 is 6.03 Å². The topological polar surface area (TPSA) is 58.4 Å². The van der Waals surface area contributed by atoms with Crippen molar-refractivity contribution in [3.05, 3.63) is 21.9 Å². The smallest absolute Gasteiger partial charge is 0.317 e. The molecule has 1 aromatic rings. The first-order valence-corrected chi connectivity index (χ1v) is 7.81. The molecule has 0 radical (unpaired) electrons. The van der Waals surface area contributed by atoms with E-state index in [2.05, 4.69) is 24.1 Å². The maximum absolute atomic E-state index is 12.1. The summed E-state index contributed by atoms with van der Waals surface area (Å²) in [6.07, 6.45) is 2.32. The minimum absolute atomic E-state index is 0.0412. The quantitative estimate of drug-likeness (QED) is 0.819. The van der Waals surface area contributed by atoms with Crippen molar-refractivity contribution in [2.24, 2.45) is 11.7 Å². The highest BCUT2D eigenvalue weighted by Gasteiger charge is 2.20. The zero-order valence-corrected chi connectivity index (χ0v) is 12.6. The number of carbonyl (C=O) groups excluding carboxylic acids is 1. The highest BCUT2D eigenvalue weighted by molar-refractivity contribution is 7.12. The van der Waals surface area contributed by atoms with Gasteiger partial charge < -0.3 is 16.0 Å². The fourth-order valence-corrected chi connectivity index (χ4v) is 3.15. The molecule has 5 heteroatoms. The zero-order chi connectivity index (χ0) is 14.4. The van der Waals surface area contributed by atoms with Gasteiger partial charge in [-0.05, 0) is 30.9 Å². The van der Waals surface area contributed by atoms with Crippen LogP contribution in [0.3, 0.4) is 0 Å². The van der Waals surface area contributed by atoms with Crippen LogP contribution in [0.1, 0.15) is 29.5 Å². The normalized spacial score (nSPS) is 18.3. The lowest BCUT2D eigenvalue weighted by Gasteiger charge is -2.30. The van der Waals surface area contributed by atoms with Crippen molar-refractivity contribution >= 4 is 17.4 Å². The van der Waals surface area contributed by atoms with Crippen LogP contribution in [0.25, 0.3) is 0 Å². The first-order valence-electron chi connectivity index (χ1n) is 6.99. The fourth-order valence-electron chi connectivity index (χ4n) is 2.33. The van der Waals surface area contributed by atoms with Crippen molar-refractivity contribution in [1.29, 1.82) is 0 Å². The first kappa shape index (κ1) is 14.9. The standard InChI is InChI=1S/C15H21N3OS/c1-12-4-3-9-18(11-12)15(19)17-10-14-7-6-13(20-14)5-2-8-16/h6-7,12H,3-4,8-11,16H2,1H3,(H,17,19). The maximum Gasteiger partial charge on any atom is 0.317 e. The number of nitrogens with two attached hydrogens (primary N) is 1. The second-order valence-corrected chi connectivity index (χ2v) is 6.29. The Bertz CT molecular complexity index is 515. The molecule has 1 unspecified atom stereocenters. The van der Waals surface area contributed by atoms with Gasteiger partial charge in [-0.25, -0.2) is 4.79 Å². The van der Waals surface area contributed by atoms with Gasteiger partial charge in [0, 0.05) is 18.0 Å². The molecule has 0 aliphatic carbocycles. The summed E-state index contributed by atoms with van der Waals surface area (Å²) in [7, 11) is 0. The Hall–Kier alpha value is -1.51. The lowest BCUT2D eigenvalue weighted by atomic mass is 10.0. The summed E-state index contributed by atoms with van der Waals surface area (Å²) in [6, 6.07) is 4.02. The van der Waals surface area contributed by atoms with Gasteiger partial charge in [-0.15, -0.1) is 11.3 Å². The highest BCUT2D eigenvalue weighted by atomic mass is 32.1. The molecule has 0 spiro atoms. The van der Waals surface area contributed by atoms with E-state index in [9.17, 15) is 4.79 Å². The Morgan fingerprint density at radius 1 is 1.60 bits per heavy atom. The van der Waals surface area contributed by atoms with E-state index < -0.39 is 0 Å². The summed E-state index contributed by atoms with van der Waals surface area (Å²) in [5.41, 5.74) is 5.34. The average Bonchev–Trinajstić information content (AvgIpc) is 2.90. The summed E-state index contributed by atoms with van der Waals surface area (Å²) in [6.45, 7) is 4.87. The van der Waals surface area contributed by atoms with Crippen LogP contribution in [0.15, 0.2) is 12.1 Å². The molecular weight excluding hydrogens is 270 g/mol. The van der Waals surface area contributed by atoms with Crippen molar-refractivity contribution < 1.29 is 4.79 Å². The average molecular weight is 291 g/mol. The Morgan fingerprint density at radius 2 is 2.45 bits per heavy atom. The molecule has 1 saturated heterocycles. The van der Waals surface area contributed by atoms with Crippen LogP contribution in [0, 0.1) is 17.8 Å². The van der Waals surface area contributed by atoms with Crippen molar-refractivity contribution in [3.8, 4) is 11.8 Å². The van der Waals surface area contributed by atoms with Gasteiger partial charge in [0.2, 0.25) is 0 Å². The number of thiophene rings is 1. The molecular formula is C15H21N3OS. The molecule has 4 nitrogen and oxygen atoms in total. The van der Waals surface area contributed by atoms with E-state index in [1.54, 1.807) is 11.3 Å². The summed E-state index contributed by atoms with van der Waals surface area (Å²) in [5, 5.41) is 2.98. The molecule has 2 heterocycles. The number of hydrogen-bond donors (Lipinski definition) is 2. The minimum Gasteiger partial charge on any atom is -0.333 e. The Balaban J connectivity index is 1.82. The predicted molar refractivity (Wildman–Crippen MR) is 82.5 cm³/mol. The third-order valence-corrected chi connectivity index (χ3v) is 4.33. The lowest BCUT2D eigenvalue weighted by Crippen LogP contribution is -2.44. The number of rotatable bonds is 2. The molecule has 1 aliphatic rings. The summed E-state index contributed by atoms with van der Waals surface area (Å²) < 4.78 is 0. The largest absolute Gasteiger partial charge is 0.333 e. The van der Waals surface area contributed by atoms with E-state index in [0.29, 0.717) is 19.0 Å². The molecule has 0 aromatic carbocycles.